The van der Waals surface area contributed by atoms with Crippen LogP contribution in [-0.4, -0.2) is 26.3 Å². The number of esters is 1. The van der Waals surface area contributed by atoms with Crippen molar-refractivity contribution < 1.29 is 14.3 Å². The van der Waals surface area contributed by atoms with Gasteiger partial charge in [-0.15, -0.1) is 0 Å². The Morgan fingerprint density at radius 2 is 1.94 bits per heavy atom. The molecule has 0 aromatic carbocycles. The number of hydrogen-bond donors (Lipinski definition) is 0. The lowest BCUT2D eigenvalue weighted by atomic mass is 9.81. The summed E-state index contributed by atoms with van der Waals surface area (Å²) in [7, 11) is 3.14. The van der Waals surface area contributed by atoms with Crippen LogP contribution in [0.1, 0.15) is 45.4 Å². The molecule has 1 aliphatic rings. The number of carbonyl (C=O) groups is 1. The van der Waals surface area contributed by atoms with Crippen LogP contribution in [0.4, 0.5) is 0 Å². The highest BCUT2D eigenvalue weighted by Gasteiger charge is 2.27. The van der Waals surface area contributed by atoms with Gasteiger partial charge in [-0.1, -0.05) is 31.1 Å². The van der Waals surface area contributed by atoms with Gasteiger partial charge in [0.05, 0.1) is 13.2 Å². The molecular weight excluding hydrogens is 228 g/mol. The van der Waals surface area contributed by atoms with Crippen LogP contribution in [-0.2, 0) is 14.3 Å². The van der Waals surface area contributed by atoms with E-state index in [1.807, 2.05) is 0 Å². The third kappa shape index (κ3) is 4.70. The highest BCUT2D eigenvalue weighted by atomic mass is 16.5. The first-order valence-electron chi connectivity index (χ1n) is 6.77. The van der Waals surface area contributed by atoms with Gasteiger partial charge in [0.1, 0.15) is 6.42 Å². The molecule has 0 heterocycles. The van der Waals surface area contributed by atoms with Crippen LogP contribution >= 0.6 is 0 Å². The molecule has 3 heteroatoms. The lowest BCUT2D eigenvalue weighted by Gasteiger charge is -2.31. The highest BCUT2D eigenvalue weighted by Crippen LogP contribution is 2.30. The molecular formula is C15H24O3. The van der Waals surface area contributed by atoms with E-state index < -0.39 is 0 Å². The van der Waals surface area contributed by atoms with Crippen LogP contribution in [0, 0.1) is 23.7 Å². The number of ether oxygens (including phenoxy) is 2. The summed E-state index contributed by atoms with van der Waals surface area (Å²) < 4.78 is 10.2. The summed E-state index contributed by atoms with van der Waals surface area (Å²) >= 11 is 0. The molecule has 1 fully saturated rings. The van der Waals surface area contributed by atoms with E-state index >= 15 is 0 Å². The van der Waals surface area contributed by atoms with Gasteiger partial charge in [-0.2, -0.15) is 0 Å². The predicted molar refractivity (Wildman–Crippen MR) is 70.9 cm³/mol. The standard InChI is InChI=1S/C15H24O3/c1-12(8-7-11-14(16)17-2)15(18-3)13-9-5-4-6-10-13/h12-13,15H,4-6,9-11H2,1-3H3/t12-,15+/m0/s1. The average molecular weight is 252 g/mol. The third-order valence-electron chi connectivity index (χ3n) is 3.67. The maximum atomic E-state index is 11.0. The molecule has 102 valence electrons. The van der Waals surface area contributed by atoms with Crippen molar-refractivity contribution in [3.63, 3.8) is 0 Å². The SMILES string of the molecule is COC(=O)CC#C[C@H](C)[C@@H](OC)C1CCCCC1. The van der Waals surface area contributed by atoms with Crippen molar-refractivity contribution in [3.05, 3.63) is 0 Å². The predicted octanol–water partition coefficient (Wildman–Crippen LogP) is 2.78. The number of carbonyl (C=O) groups excluding carboxylic acids is 1. The zero-order chi connectivity index (χ0) is 13.4. The molecule has 0 aromatic rings. The average Bonchev–Trinajstić information content (AvgIpc) is 2.40. The number of methoxy groups -OCH3 is 2. The van der Waals surface area contributed by atoms with Crippen molar-refractivity contribution in [2.45, 2.75) is 51.6 Å². The van der Waals surface area contributed by atoms with E-state index in [-0.39, 0.29) is 24.4 Å². The van der Waals surface area contributed by atoms with Gasteiger partial charge in [0.25, 0.3) is 0 Å². The lowest BCUT2D eigenvalue weighted by molar-refractivity contribution is -0.139. The van der Waals surface area contributed by atoms with Crippen LogP contribution in [0.15, 0.2) is 0 Å². The zero-order valence-corrected chi connectivity index (χ0v) is 11.7. The fourth-order valence-electron chi connectivity index (χ4n) is 2.71. The van der Waals surface area contributed by atoms with Crippen LogP contribution in [0.25, 0.3) is 0 Å². The molecule has 0 aliphatic heterocycles. The second-order valence-corrected chi connectivity index (χ2v) is 4.96. The minimum absolute atomic E-state index is 0.169. The van der Waals surface area contributed by atoms with E-state index in [1.54, 1.807) is 7.11 Å². The van der Waals surface area contributed by atoms with Gasteiger partial charge in [-0.25, -0.2) is 0 Å². The second-order valence-electron chi connectivity index (χ2n) is 4.96. The lowest BCUT2D eigenvalue weighted by Crippen LogP contribution is -2.30. The molecule has 1 aliphatic carbocycles. The van der Waals surface area contributed by atoms with Crippen LogP contribution in [0.5, 0.6) is 0 Å². The van der Waals surface area contributed by atoms with Gasteiger partial charge < -0.3 is 9.47 Å². The van der Waals surface area contributed by atoms with Crippen molar-refractivity contribution in [1.29, 1.82) is 0 Å². The molecule has 0 bridgehead atoms. The maximum absolute atomic E-state index is 11.0. The molecule has 1 rings (SSSR count). The van der Waals surface area contributed by atoms with Crippen LogP contribution in [0.2, 0.25) is 0 Å². The van der Waals surface area contributed by atoms with Gasteiger partial charge >= 0.3 is 5.97 Å². The second kappa shape index (κ2) is 8.16. The van der Waals surface area contributed by atoms with Crippen molar-refractivity contribution in [2.24, 2.45) is 11.8 Å². The quantitative estimate of drug-likeness (QED) is 0.570. The fraction of sp³-hybridized carbons (Fsp3) is 0.800. The summed E-state index contributed by atoms with van der Waals surface area (Å²) in [6.07, 6.45) is 6.77. The van der Waals surface area contributed by atoms with E-state index in [4.69, 9.17) is 4.74 Å². The highest BCUT2D eigenvalue weighted by molar-refractivity contribution is 5.72. The van der Waals surface area contributed by atoms with Crippen molar-refractivity contribution in [3.8, 4) is 11.8 Å². The summed E-state index contributed by atoms with van der Waals surface area (Å²) in [5.41, 5.74) is 0. The molecule has 1 saturated carbocycles. The molecule has 0 N–H and O–H groups in total. The van der Waals surface area contributed by atoms with Crippen molar-refractivity contribution in [2.75, 3.05) is 14.2 Å². The van der Waals surface area contributed by atoms with E-state index in [1.165, 1.54) is 39.2 Å². The monoisotopic (exact) mass is 252 g/mol. The van der Waals surface area contributed by atoms with E-state index in [9.17, 15) is 4.79 Å². The summed E-state index contributed by atoms with van der Waals surface area (Å²) in [6, 6.07) is 0. The Hall–Kier alpha value is -1.01. The normalized spacial score (nSPS) is 19.5. The van der Waals surface area contributed by atoms with Crippen LogP contribution in [0.3, 0.4) is 0 Å². The smallest absolute Gasteiger partial charge is 0.317 e. The first kappa shape index (κ1) is 15.0. The zero-order valence-electron chi connectivity index (χ0n) is 11.7. The minimum atomic E-state index is -0.277. The molecule has 0 saturated heterocycles. The topological polar surface area (TPSA) is 35.5 Å². The third-order valence-corrected chi connectivity index (χ3v) is 3.67. The van der Waals surface area contributed by atoms with Gasteiger partial charge in [0.15, 0.2) is 0 Å². The van der Waals surface area contributed by atoms with Gasteiger partial charge in [0, 0.05) is 13.0 Å². The molecule has 0 amide bonds. The Labute approximate surface area is 110 Å². The van der Waals surface area contributed by atoms with Crippen molar-refractivity contribution >= 4 is 5.97 Å². The molecule has 0 unspecified atom stereocenters. The number of rotatable bonds is 4. The largest absolute Gasteiger partial charge is 0.468 e. The Morgan fingerprint density at radius 3 is 2.50 bits per heavy atom. The summed E-state index contributed by atoms with van der Waals surface area (Å²) in [5, 5.41) is 0. The summed E-state index contributed by atoms with van der Waals surface area (Å²) in [6.45, 7) is 2.08. The van der Waals surface area contributed by atoms with Gasteiger partial charge in [-0.05, 0) is 25.7 Å². The maximum Gasteiger partial charge on any atom is 0.317 e. The van der Waals surface area contributed by atoms with E-state index in [0.717, 1.165) is 0 Å². The van der Waals surface area contributed by atoms with E-state index in [0.29, 0.717) is 5.92 Å². The van der Waals surface area contributed by atoms with Gasteiger partial charge in [0.2, 0.25) is 0 Å². The molecule has 0 aromatic heterocycles. The molecule has 2 atom stereocenters. The molecule has 0 radical (unpaired) electrons. The molecule has 18 heavy (non-hydrogen) atoms. The Bertz CT molecular complexity index is 307. The Kier molecular flexibility index (Phi) is 6.82. The summed E-state index contributed by atoms with van der Waals surface area (Å²) in [4.78, 5) is 11.0. The fourth-order valence-corrected chi connectivity index (χ4v) is 2.71. The number of hydrogen-bond acceptors (Lipinski definition) is 3. The molecule has 3 nitrogen and oxygen atoms in total. The molecule has 0 spiro atoms. The van der Waals surface area contributed by atoms with E-state index in [2.05, 4.69) is 23.5 Å². The minimum Gasteiger partial charge on any atom is -0.468 e. The van der Waals surface area contributed by atoms with Crippen molar-refractivity contribution in [1.82, 2.24) is 0 Å². The van der Waals surface area contributed by atoms with Gasteiger partial charge in [-0.3, -0.25) is 4.79 Å². The first-order valence-corrected chi connectivity index (χ1v) is 6.77. The summed E-state index contributed by atoms with van der Waals surface area (Å²) in [5.74, 6) is 6.52. The Morgan fingerprint density at radius 1 is 1.28 bits per heavy atom. The Balaban J connectivity index is 2.50. The first-order chi connectivity index (χ1) is 8.69. The van der Waals surface area contributed by atoms with Crippen LogP contribution < -0.4 is 0 Å².